The summed E-state index contributed by atoms with van der Waals surface area (Å²) in [6, 6.07) is 21.8. The van der Waals surface area contributed by atoms with Crippen LogP contribution in [0.1, 0.15) is 58.6 Å². The lowest BCUT2D eigenvalue weighted by Gasteiger charge is -2.23. The number of hydrogen-bond acceptors (Lipinski definition) is 7. The van der Waals surface area contributed by atoms with Gasteiger partial charge in [-0.25, -0.2) is 0 Å². The van der Waals surface area contributed by atoms with Gasteiger partial charge in [0, 0.05) is 5.56 Å². The summed E-state index contributed by atoms with van der Waals surface area (Å²) in [6.07, 6.45) is 0. The fourth-order valence-electron chi connectivity index (χ4n) is 4.63. The Balaban J connectivity index is 1.50. The second kappa shape index (κ2) is 10.8. The number of rotatable bonds is 7. The van der Waals surface area contributed by atoms with Gasteiger partial charge < -0.3 is 9.84 Å². The van der Waals surface area contributed by atoms with E-state index in [2.05, 4.69) is 30.1 Å². The highest BCUT2D eigenvalue weighted by Crippen LogP contribution is 2.43. The molecule has 0 radical (unpaired) electrons. The lowest BCUT2D eigenvalue weighted by molar-refractivity contribution is -0.132. The predicted octanol–water partition coefficient (Wildman–Crippen LogP) is 6.48. The molecule has 3 aromatic carbocycles. The van der Waals surface area contributed by atoms with E-state index < -0.39 is 17.7 Å². The number of anilines is 1. The Hall–Kier alpha value is -4.30. The summed E-state index contributed by atoms with van der Waals surface area (Å²) in [4.78, 5) is 27.9. The maximum Gasteiger partial charge on any atom is 0.301 e. The first-order valence-electron chi connectivity index (χ1n) is 12.7. The van der Waals surface area contributed by atoms with Crippen molar-refractivity contribution in [3.05, 3.63) is 111 Å². The highest BCUT2D eigenvalue weighted by molar-refractivity contribution is 7.15. The lowest BCUT2D eigenvalue weighted by atomic mass is 9.93. The van der Waals surface area contributed by atoms with Crippen LogP contribution in [0.2, 0.25) is 0 Å². The molecule has 1 aliphatic rings. The molecule has 1 atom stereocenters. The maximum absolute atomic E-state index is 13.3. The monoisotopic (exact) mass is 539 g/mol. The molecule has 4 aromatic rings. The number of carbonyl (C=O) groups excluding carboxylic acids is 2. The molecule has 0 unspecified atom stereocenters. The molecule has 7 nitrogen and oxygen atoms in total. The van der Waals surface area contributed by atoms with Crippen LogP contribution in [0, 0.1) is 13.8 Å². The predicted molar refractivity (Wildman–Crippen MR) is 152 cm³/mol. The summed E-state index contributed by atoms with van der Waals surface area (Å²) in [7, 11) is 0. The molecule has 1 aliphatic heterocycles. The van der Waals surface area contributed by atoms with E-state index in [1.54, 1.807) is 31.2 Å². The Bertz CT molecular complexity index is 1560. The number of amides is 1. The van der Waals surface area contributed by atoms with Crippen LogP contribution >= 0.6 is 11.3 Å². The van der Waals surface area contributed by atoms with Gasteiger partial charge in [0.05, 0.1) is 11.6 Å². The minimum Gasteiger partial charge on any atom is -0.507 e. The van der Waals surface area contributed by atoms with Crippen molar-refractivity contribution in [2.45, 2.75) is 46.3 Å². The summed E-state index contributed by atoms with van der Waals surface area (Å²) in [5.41, 5.74) is 4.46. The van der Waals surface area contributed by atoms with Gasteiger partial charge in [-0.15, -0.1) is 10.2 Å². The van der Waals surface area contributed by atoms with E-state index in [9.17, 15) is 14.7 Å². The van der Waals surface area contributed by atoms with Gasteiger partial charge in [0.2, 0.25) is 5.13 Å². The molecule has 0 aliphatic carbocycles. The number of hydrogen-bond donors (Lipinski definition) is 1. The van der Waals surface area contributed by atoms with Crippen molar-refractivity contribution in [2.75, 3.05) is 4.90 Å². The number of Topliss-reactive ketones (excluding diaryl/α,β-unsaturated/α-hetero) is 1. The number of aliphatic hydroxyl groups is 1. The number of aliphatic hydroxyl groups excluding tert-OH is 1. The molecule has 8 heteroatoms. The third-order valence-corrected chi connectivity index (χ3v) is 7.54. The Morgan fingerprint density at radius 2 is 1.72 bits per heavy atom. The van der Waals surface area contributed by atoms with Crippen LogP contribution in [0.25, 0.3) is 5.76 Å². The Labute approximate surface area is 231 Å². The average molecular weight is 540 g/mol. The second-order valence-electron chi connectivity index (χ2n) is 9.90. The van der Waals surface area contributed by atoms with Crippen molar-refractivity contribution in [3.8, 4) is 5.75 Å². The number of nitrogens with zero attached hydrogens (tertiary/aromatic N) is 3. The molecular formula is C31H29N3O4S. The Kier molecular flexibility index (Phi) is 7.30. The molecule has 39 heavy (non-hydrogen) atoms. The lowest BCUT2D eigenvalue weighted by Crippen LogP contribution is -2.29. The molecule has 0 bridgehead atoms. The molecule has 5 rings (SSSR count). The highest BCUT2D eigenvalue weighted by Gasteiger charge is 2.48. The maximum atomic E-state index is 13.3. The van der Waals surface area contributed by atoms with E-state index in [-0.39, 0.29) is 11.3 Å². The van der Waals surface area contributed by atoms with Crippen molar-refractivity contribution in [1.82, 2.24) is 10.2 Å². The van der Waals surface area contributed by atoms with Crippen LogP contribution in [0.3, 0.4) is 0 Å². The van der Waals surface area contributed by atoms with Crippen LogP contribution in [0.5, 0.6) is 5.75 Å². The number of ether oxygens (including phenoxy) is 1. The van der Waals surface area contributed by atoms with Gasteiger partial charge in [-0.3, -0.25) is 14.5 Å². The number of ketones is 1. The summed E-state index contributed by atoms with van der Waals surface area (Å²) in [5, 5.41) is 20.5. The van der Waals surface area contributed by atoms with Gasteiger partial charge in [0.1, 0.15) is 23.1 Å². The van der Waals surface area contributed by atoms with Crippen LogP contribution in [-0.4, -0.2) is 27.0 Å². The largest absolute Gasteiger partial charge is 0.507 e. The molecule has 0 spiro atoms. The third-order valence-electron chi connectivity index (χ3n) is 6.70. The molecule has 2 heterocycles. The number of benzene rings is 3. The van der Waals surface area contributed by atoms with Crippen LogP contribution in [0.4, 0.5) is 5.13 Å². The number of aryl methyl sites for hydroxylation is 2. The topological polar surface area (TPSA) is 92.6 Å². The first-order chi connectivity index (χ1) is 18.7. The van der Waals surface area contributed by atoms with Crippen molar-refractivity contribution in [1.29, 1.82) is 0 Å². The van der Waals surface area contributed by atoms with E-state index in [1.165, 1.54) is 16.2 Å². The van der Waals surface area contributed by atoms with E-state index >= 15 is 0 Å². The second-order valence-corrected chi connectivity index (χ2v) is 11.1. The Morgan fingerprint density at radius 1 is 1.00 bits per heavy atom. The van der Waals surface area contributed by atoms with Gasteiger partial charge in [-0.2, -0.15) is 0 Å². The molecule has 0 saturated carbocycles. The van der Waals surface area contributed by atoms with Crippen molar-refractivity contribution in [3.63, 3.8) is 0 Å². The summed E-state index contributed by atoms with van der Waals surface area (Å²) >= 11 is 1.22. The smallest absolute Gasteiger partial charge is 0.301 e. The van der Waals surface area contributed by atoms with E-state index in [0.29, 0.717) is 39.5 Å². The summed E-state index contributed by atoms with van der Waals surface area (Å²) in [6.45, 7) is 8.42. The van der Waals surface area contributed by atoms with Crippen molar-refractivity contribution >= 4 is 33.9 Å². The van der Waals surface area contributed by atoms with Gasteiger partial charge in [-0.05, 0) is 60.7 Å². The molecule has 198 valence electrons. The fraction of sp³-hybridized carbons (Fsp3) is 0.226. The van der Waals surface area contributed by atoms with Crippen LogP contribution in [-0.2, 0) is 16.2 Å². The van der Waals surface area contributed by atoms with Crippen LogP contribution in [0.15, 0.2) is 78.4 Å². The van der Waals surface area contributed by atoms with E-state index in [1.807, 2.05) is 49.4 Å². The molecule has 1 N–H and O–H groups in total. The number of aromatic nitrogens is 2. The zero-order valence-electron chi connectivity index (χ0n) is 22.2. The summed E-state index contributed by atoms with van der Waals surface area (Å²) < 4.78 is 5.90. The third kappa shape index (κ3) is 5.33. The van der Waals surface area contributed by atoms with Gasteiger partial charge in [-0.1, -0.05) is 79.3 Å². The first-order valence-corrected chi connectivity index (χ1v) is 13.5. The average Bonchev–Trinajstić information content (AvgIpc) is 3.47. The SMILES string of the molecule is Cc1cccc(COc2ccc(/C(O)=C3\C(=O)C(=O)N(c4nnc(C)s4)[C@H]3c3ccc(C(C)C)cc3)cc2)c1. The van der Waals surface area contributed by atoms with E-state index in [0.717, 1.165) is 16.7 Å². The molecular weight excluding hydrogens is 510 g/mol. The van der Waals surface area contributed by atoms with Gasteiger partial charge in [0.25, 0.3) is 5.78 Å². The molecule has 1 saturated heterocycles. The van der Waals surface area contributed by atoms with Gasteiger partial charge >= 0.3 is 5.91 Å². The zero-order chi connectivity index (χ0) is 27.7. The normalized spacial score (nSPS) is 16.7. The number of carbonyl (C=O) groups is 2. The van der Waals surface area contributed by atoms with E-state index in [4.69, 9.17) is 4.74 Å². The molecule has 1 aromatic heterocycles. The highest BCUT2D eigenvalue weighted by atomic mass is 32.1. The zero-order valence-corrected chi connectivity index (χ0v) is 23.0. The first kappa shape index (κ1) is 26.3. The fourth-order valence-corrected chi connectivity index (χ4v) is 5.34. The summed E-state index contributed by atoms with van der Waals surface area (Å²) in [5.74, 6) is -0.816. The molecule has 1 fully saturated rings. The standard InChI is InChI=1S/C31H29N3O4S/c1-18(2)22-8-10-23(11-9-22)27-26(29(36)30(37)34(27)31-33-32-20(4)39-31)28(35)24-12-14-25(15-13-24)38-17-21-7-5-6-19(3)16-21/h5-16,18,27,35H,17H2,1-4H3/b28-26+/t27-/m0/s1. The Morgan fingerprint density at radius 3 is 2.33 bits per heavy atom. The quantitative estimate of drug-likeness (QED) is 0.164. The van der Waals surface area contributed by atoms with Gasteiger partial charge in [0.15, 0.2) is 0 Å². The molecule has 1 amide bonds. The van der Waals surface area contributed by atoms with Crippen molar-refractivity contribution < 1.29 is 19.4 Å². The van der Waals surface area contributed by atoms with Crippen LogP contribution < -0.4 is 9.64 Å². The minimum absolute atomic E-state index is 0.0126. The van der Waals surface area contributed by atoms with Crippen molar-refractivity contribution in [2.24, 2.45) is 0 Å². The minimum atomic E-state index is -0.837.